The Morgan fingerprint density at radius 3 is 2.93 bits per heavy atom. The number of hydrogen-bond acceptors (Lipinski definition) is 4. The molecule has 0 aliphatic rings. The Morgan fingerprint density at radius 2 is 2.36 bits per heavy atom. The van der Waals surface area contributed by atoms with E-state index >= 15 is 0 Å². The average Bonchev–Trinajstić information content (AvgIpc) is 2.16. The third-order valence-electron chi connectivity index (χ3n) is 1.79. The van der Waals surface area contributed by atoms with Crippen LogP contribution < -0.4 is 11.2 Å². The van der Waals surface area contributed by atoms with Crippen molar-refractivity contribution < 1.29 is 9.84 Å². The molecule has 78 valence electrons. The molecule has 0 spiro atoms. The number of nitrogens with one attached hydrogen (secondary N) is 1. The van der Waals surface area contributed by atoms with E-state index in [9.17, 15) is 9.59 Å². The van der Waals surface area contributed by atoms with Crippen molar-refractivity contribution in [2.24, 2.45) is 0 Å². The van der Waals surface area contributed by atoms with Gasteiger partial charge >= 0.3 is 5.69 Å². The molecule has 0 saturated heterocycles. The van der Waals surface area contributed by atoms with Crippen LogP contribution in [0.25, 0.3) is 0 Å². The molecule has 0 amide bonds. The first-order valence-corrected chi connectivity index (χ1v) is 4.14. The van der Waals surface area contributed by atoms with Crippen LogP contribution >= 0.6 is 0 Å². The second kappa shape index (κ2) is 4.73. The van der Waals surface area contributed by atoms with Gasteiger partial charge in [-0.1, -0.05) is 0 Å². The summed E-state index contributed by atoms with van der Waals surface area (Å²) in [6, 6.07) is 1.25. The summed E-state index contributed by atoms with van der Waals surface area (Å²) in [5.41, 5.74) is -0.917. The van der Waals surface area contributed by atoms with Gasteiger partial charge in [0.1, 0.15) is 0 Å². The van der Waals surface area contributed by atoms with Gasteiger partial charge in [0.15, 0.2) is 6.29 Å². The Hall–Kier alpha value is -1.40. The lowest BCUT2D eigenvalue weighted by Gasteiger charge is -2.08. The van der Waals surface area contributed by atoms with Crippen molar-refractivity contribution in [2.75, 3.05) is 7.11 Å². The normalized spacial score (nSPS) is 12.7. The predicted molar refractivity (Wildman–Crippen MR) is 49.0 cm³/mol. The number of aromatic nitrogens is 2. The van der Waals surface area contributed by atoms with E-state index in [-0.39, 0.29) is 0 Å². The number of methoxy groups -OCH3 is 1. The molecule has 1 rings (SSSR count). The summed E-state index contributed by atoms with van der Waals surface area (Å²) in [7, 11) is 1.38. The van der Waals surface area contributed by atoms with Gasteiger partial charge in [0.05, 0.1) is 0 Å². The van der Waals surface area contributed by atoms with Crippen LogP contribution in [0.4, 0.5) is 0 Å². The van der Waals surface area contributed by atoms with Crippen LogP contribution in [0, 0.1) is 0 Å². The topological polar surface area (TPSA) is 84.3 Å². The molecule has 1 heterocycles. The van der Waals surface area contributed by atoms with Gasteiger partial charge in [0.2, 0.25) is 0 Å². The lowest BCUT2D eigenvalue weighted by atomic mass is 10.4. The van der Waals surface area contributed by atoms with Crippen molar-refractivity contribution in [3.05, 3.63) is 33.1 Å². The molecule has 1 aromatic rings. The van der Waals surface area contributed by atoms with Gasteiger partial charge in [0, 0.05) is 32.3 Å². The Balaban J connectivity index is 2.68. The molecule has 6 nitrogen and oxygen atoms in total. The van der Waals surface area contributed by atoms with Crippen molar-refractivity contribution in [3.63, 3.8) is 0 Å². The Bertz CT molecular complexity index is 395. The highest BCUT2D eigenvalue weighted by Crippen LogP contribution is 1.93. The summed E-state index contributed by atoms with van der Waals surface area (Å²) < 4.78 is 5.90. The molecular formula is C8H12N2O4. The van der Waals surface area contributed by atoms with E-state index in [1.165, 1.54) is 23.9 Å². The molecule has 0 aromatic carbocycles. The zero-order valence-corrected chi connectivity index (χ0v) is 7.77. The molecule has 1 aromatic heterocycles. The fraction of sp³-hybridized carbons (Fsp3) is 0.500. The first-order valence-electron chi connectivity index (χ1n) is 4.14. The number of ether oxygens (including phenoxy) is 1. The summed E-state index contributed by atoms with van der Waals surface area (Å²) in [5.74, 6) is 0. The zero-order valence-electron chi connectivity index (χ0n) is 7.77. The molecular weight excluding hydrogens is 188 g/mol. The highest BCUT2D eigenvalue weighted by atomic mass is 16.6. The molecule has 0 aliphatic carbocycles. The van der Waals surface area contributed by atoms with Crippen LogP contribution in [0.15, 0.2) is 21.9 Å². The third-order valence-corrected chi connectivity index (χ3v) is 1.79. The van der Waals surface area contributed by atoms with E-state index in [0.29, 0.717) is 13.0 Å². The first-order chi connectivity index (χ1) is 6.63. The molecule has 0 bridgehead atoms. The molecule has 0 unspecified atom stereocenters. The monoisotopic (exact) mass is 200 g/mol. The van der Waals surface area contributed by atoms with Gasteiger partial charge in [-0.05, 0) is 0 Å². The number of hydrogen-bond donors (Lipinski definition) is 2. The van der Waals surface area contributed by atoms with Gasteiger partial charge in [-0.25, -0.2) is 4.79 Å². The van der Waals surface area contributed by atoms with Crippen LogP contribution in [0.2, 0.25) is 0 Å². The third kappa shape index (κ3) is 2.82. The smallest absolute Gasteiger partial charge is 0.328 e. The summed E-state index contributed by atoms with van der Waals surface area (Å²) in [6.45, 7) is 0.296. The van der Waals surface area contributed by atoms with Crippen molar-refractivity contribution in [1.29, 1.82) is 0 Å². The van der Waals surface area contributed by atoms with Crippen LogP contribution in [-0.4, -0.2) is 28.1 Å². The molecule has 6 heteroatoms. The van der Waals surface area contributed by atoms with Crippen LogP contribution in [0.3, 0.4) is 0 Å². The lowest BCUT2D eigenvalue weighted by molar-refractivity contribution is -0.0804. The second-order valence-electron chi connectivity index (χ2n) is 2.78. The van der Waals surface area contributed by atoms with Crippen LogP contribution in [0.1, 0.15) is 6.42 Å². The largest absolute Gasteiger partial charge is 0.368 e. The fourth-order valence-corrected chi connectivity index (χ4v) is 0.988. The second-order valence-corrected chi connectivity index (χ2v) is 2.78. The molecule has 14 heavy (non-hydrogen) atoms. The maximum absolute atomic E-state index is 11.1. The van der Waals surface area contributed by atoms with E-state index in [0.717, 1.165) is 0 Å². The van der Waals surface area contributed by atoms with E-state index in [1.54, 1.807) is 0 Å². The Morgan fingerprint density at radius 1 is 1.64 bits per heavy atom. The minimum Gasteiger partial charge on any atom is -0.368 e. The average molecular weight is 200 g/mol. The predicted octanol–water partition coefficient (Wildman–Crippen LogP) is -1.11. The fourth-order valence-electron chi connectivity index (χ4n) is 0.988. The molecule has 0 saturated carbocycles. The van der Waals surface area contributed by atoms with Crippen molar-refractivity contribution >= 4 is 0 Å². The summed E-state index contributed by atoms with van der Waals surface area (Å²) >= 11 is 0. The summed E-state index contributed by atoms with van der Waals surface area (Å²) in [5, 5.41) is 9.06. The Kier molecular flexibility index (Phi) is 3.61. The number of aliphatic hydroxyl groups excluding tert-OH is 1. The van der Waals surface area contributed by atoms with E-state index in [1.807, 2.05) is 0 Å². The van der Waals surface area contributed by atoms with E-state index < -0.39 is 17.5 Å². The zero-order chi connectivity index (χ0) is 10.6. The number of H-pyrrole nitrogens is 1. The minimum absolute atomic E-state index is 0.294. The highest BCUT2D eigenvalue weighted by molar-refractivity contribution is 4.82. The number of nitrogens with zero attached hydrogens (tertiary/aromatic N) is 1. The number of aliphatic hydroxyl groups is 1. The van der Waals surface area contributed by atoms with Gasteiger partial charge in [-0.15, -0.1) is 0 Å². The van der Waals surface area contributed by atoms with Gasteiger partial charge in [-0.3, -0.25) is 9.78 Å². The molecule has 0 radical (unpaired) electrons. The SMILES string of the molecule is CO[C@H](O)CCn1ccc(=O)[nH]c1=O. The van der Waals surface area contributed by atoms with Crippen molar-refractivity contribution in [3.8, 4) is 0 Å². The minimum atomic E-state index is -0.895. The van der Waals surface area contributed by atoms with Crippen LogP contribution in [0.5, 0.6) is 0 Å². The maximum atomic E-state index is 11.1. The maximum Gasteiger partial charge on any atom is 0.328 e. The number of rotatable bonds is 4. The van der Waals surface area contributed by atoms with Gasteiger partial charge < -0.3 is 14.4 Å². The summed E-state index contributed by atoms with van der Waals surface area (Å²) in [4.78, 5) is 23.9. The van der Waals surface area contributed by atoms with Crippen LogP contribution in [-0.2, 0) is 11.3 Å². The molecule has 1 atom stereocenters. The molecule has 0 fully saturated rings. The number of aryl methyl sites for hydroxylation is 1. The number of aromatic amines is 1. The van der Waals surface area contributed by atoms with E-state index in [4.69, 9.17) is 5.11 Å². The quantitative estimate of drug-likeness (QED) is 0.604. The Labute approximate surface area is 79.8 Å². The van der Waals surface area contributed by atoms with Gasteiger partial charge in [-0.2, -0.15) is 0 Å². The van der Waals surface area contributed by atoms with E-state index in [2.05, 4.69) is 9.72 Å². The lowest BCUT2D eigenvalue weighted by Crippen LogP contribution is -2.29. The van der Waals surface area contributed by atoms with Gasteiger partial charge in [0.25, 0.3) is 5.56 Å². The highest BCUT2D eigenvalue weighted by Gasteiger charge is 2.02. The standard InChI is InChI=1S/C8H12N2O4/c1-14-7(12)3-5-10-4-2-6(11)9-8(10)13/h2,4,7,12H,3,5H2,1H3,(H,9,11,13)/t7-/m0/s1. The molecule has 2 N–H and O–H groups in total. The van der Waals surface area contributed by atoms with Crippen molar-refractivity contribution in [2.45, 2.75) is 19.3 Å². The summed E-state index contributed by atoms with van der Waals surface area (Å²) in [6.07, 6.45) is 0.778. The van der Waals surface area contributed by atoms with Crippen molar-refractivity contribution in [1.82, 2.24) is 9.55 Å². The first kappa shape index (κ1) is 10.7. The molecule has 0 aliphatic heterocycles.